The third-order valence-corrected chi connectivity index (χ3v) is 3.29. The number of hydrogen-bond acceptors (Lipinski definition) is 5. The van der Waals surface area contributed by atoms with Gasteiger partial charge in [-0.2, -0.15) is 0 Å². The van der Waals surface area contributed by atoms with E-state index in [4.69, 9.17) is 5.84 Å². The van der Waals surface area contributed by atoms with Gasteiger partial charge in [0.15, 0.2) is 5.82 Å². The van der Waals surface area contributed by atoms with E-state index in [1.807, 2.05) is 6.20 Å². The average Bonchev–Trinajstić information content (AvgIpc) is 2.70. The first-order valence-corrected chi connectivity index (χ1v) is 5.83. The standard InChI is InChI=1S/C11H19N5/c1-3-9-5-4-8(2)16(9)11-7-13-6-10(14-11)15-12/h6-9H,3-5,12H2,1-2H3,(H,14,15). The number of nitrogens with zero attached hydrogens (tertiary/aromatic N) is 3. The molecule has 0 bridgehead atoms. The zero-order chi connectivity index (χ0) is 11.5. The highest BCUT2D eigenvalue weighted by molar-refractivity contribution is 5.46. The predicted octanol–water partition coefficient (Wildman–Crippen LogP) is 1.53. The molecule has 0 aromatic carbocycles. The number of nitrogen functional groups attached to an aromatic ring is 1. The number of nitrogens with one attached hydrogen (secondary N) is 1. The van der Waals surface area contributed by atoms with E-state index < -0.39 is 0 Å². The average molecular weight is 221 g/mol. The minimum Gasteiger partial charge on any atom is -0.350 e. The molecule has 0 radical (unpaired) electrons. The lowest BCUT2D eigenvalue weighted by molar-refractivity contribution is 0.620. The second kappa shape index (κ2) is 4.65. The van der Waals surface area contributed by atoms with Crippen LogP contribution in [0.3, 0.4) is 0 Å². The Labute approximate surface area is 96.0 Å². The van der Waals surface area contributed by atoms with Crippen molar-refractivity contribution in [3.05, 3.63) is 12.4 Å². The normalized spacial score (nSPS) is 24.8. The summed E-state index contributed by atoms with van der Waals surface area (Å²) in [4.78, 5) is 11.0. The van der Waals surface area contributed by atoms with Crippen molar-refractivity contribution in [3.8, 4) is 0 Å². The number of rotatable bonds is 3. The molecular formula is C11H19N5. The summed E-state index contributed by atoms with van der Waals surface area (Å²) in [6, 6.07) is 1.12. The van der Waals surface area contributed by atoms with E-state index in [9.17, 15) is 0 Å². The van der Waals surface area contributed by atoms with Crippen molar-refractivity contribution >= 4 is 11.6 Å². The van der Waals surface area contributed by atoms with Crippen LogP contribution in [0.4, 0.5) is 11.6 Å². The zero-order valence-corrected chi connectivity index (χ0v) is 9.85. The molecule has 1 fully saturated rings. The number of aromatic nitrogens is 2. The van der Waals surface area contributed by atoms with Gasteiger partial charge in [0.1, 0.15) is 5.82 Å². The Kier molecular flexibility index (Phi) is 3.24. The number of nitrogens with two attached hydrogens (primary N) is 1. The monoisotopic (exact) mass is 221 g/mol. The lowest BCUT2D eigenvalue weighted by Crippen LogP contribution is -2.35. The van der Waals surface area contributed by atoms with Gasteiger partial charge in [-0.05, 0) is 26.2 Å². The maximum absolute atomic E-state index is 5.35. The lowest BCUT2D eigenvalue weighted by atomic mass is 10.1. The molecule has 3 N–H and O–H groups in total. The number of hydrazine groups is 1. The van der Waals surface area contributed by atoms with Crippen molar-refractivity contribution in [1.82, 2.24) is 9.97 Å². The summed E-state index contributed by atoms with van der Waals surface area (Å²) in [5.74, 6) is 6.89. The van der Waals surface area contributed by atoms with Crippen LogP contribution in [-0.4, -0.2) is 22.1 Å². The third-order valence-electron chi connectivity index (χ3n) is 3.29. The van der Waals surface area contributed by atoms with Gasteiger partial charge in [-0.25, -0.2) is 10.8 Å². The summed E-state index contributed by atoms with van der Waals surface area (Å²) in [5.41, 5.74) is 2.54. The first-order chi connectivity index (χ1) is 7.76. The van der Waals surface area contributed by atoms with Gasteiger partial charge in [-0.3, -0.25) is 4.98 Å². The molecule has 5 heteroatoms. The maximum Gasteiger partial charge on any atom is 0.160 e. The molecule has 0 aliphatic carbocycles. The second-order valence-corrected chi connectivity index (χ2v) is 4.30. The zero-order valence-electron chi connectivity index (χ0n) is 9.85. The molecule has 0 saturated carbocycles. The minimum atomic E-state index is 0.535. The molecule has 1 aliphatic rings. The second-order valence-electron chi connectivity index (χ2n) is 4.30. The molecular weight excluding hydrogens is 202 g/mol. The van der Waals surface area contributed by atoms with Gasteiger partial charge < -0.3 is 10.3 Å². The van der Waals surface area contributed by atoms with Crippen molar-refractivity contribution in [2.75, 3.05) is 10.3 Å². The summed E-state index contributed by atoms with van der Waals surface area (Å²) in [7, 11) is 0. The molecule has 2 heterocycles. The van der Waals surface area contributed by atoms with Gasteiger partial charge in [-0.15, -0.1) is 0 Å². The number of hydrogen-bond donors (Lipinski definition) is 2. The largest absolute Gasteiger partial charge is 0.350 e. The summed E-state index contributed by atoms with van der Waals surface area (Å²) in [6.45, 7) is 4.45. The van der Waals surface area contributed by atoms with Crippen LogP contribution in [0.5, 0.6) is 0 Å². The molecule has 88 valence electrons. The van der Waals surface area contributed by atoms with Gasteiger partial charge in [-0.1, -0.05) is 6.92 Å². The minimum absolute atomic E-state index is 0.535. The van der Waals surface area contributed by atoms with Crippen molar-refractivity contribution < 1.29 is 0 Å². The third kappa shape index (κ3) is 1.95. The predicted molar refractivity (Wildman–Crippen MR) is 65.1 cm³/mol. The highest BCUT2D eigenvalue weighted by Crippen LogP contribution is 2.30. The van der Waals surface area contributed by atoms with Crippen molar-refractivity contribution in [2.45, 2.75) is 45.2 Å². The molecule has 5 nitrogen and oxygen atoms in total. The lowest BCUT2D eigenvalue weighted by Gasteiger charge is -2.28. The van der Waals surface area contributed by atoms with E-state index in [-0.39, 0.29) is 0 Å². The van der Waals surface area contributed by atoms with Gasteiger partial charge >= 0.3 is 0 Å². The van der Waals surface area contributed by atoms with Gasteiger partial charge in [0.25, 0.3) is 0 Å². The van der Waals surface area contributed by atoms with E-state index in [0.29, 0.717) is 17.9 Å². The molecule has 1 aromatic rings. The highest BCUT2D eigenvalue weighted by Gasteiger charge is 2.30. The van der Waals surface area contributed by atoms with E-state index in [0.717, 1.165) is 12.2 Å². The molecule has 2 atom stereocenters. The van der Waals surface area contributed by atoms with E-state index in [2.05, 4.69) is 34.1 Å². The van der Waals surface area contributed by atoms with Crippen LogP contribution in [0.25, 0.3) is 0 Å². The Morgan fingerprint density at radius 2 is 2.31 bits per heavy atom. The quantitative estimate of drug-likeness (QED) is 0.598. The van der Waals surface area contributed by atoms with Gasteiger partial charge in [0.05, 0.1) is 12.4 Å². The Morgan fingerprint density at radius 3 is 3.00 bits per heavy atom. The number of anilines is 2. The van der Waals surface area contributed by atoms with E-state index in [1.165, 1.54) is 12.8 Å². The van der Waals surface area contributed by atoms with Crippen LogP contribution >= 0.6 is 0 Å². The Morgan fingerprint density at radius 1 is 1.50 bits per heavy atom. The first-order valence-electron chi connectivity index (χ1n) is 5.83. The maximum atomic E-state index is 5.35. The van der Waals surface area contributed by atoms with Gasteiger partial charge in [0.2, 0.25) is 0 Å². The fourth-order valence-electron chi connectivity index (χ4n) is 2.43. The van der Waals surface area contributed by atoms with Crippen molar-refractivity contribution in [3.63, 3.8) is 0 Å². The van der Waals surface area contributed by atoms with Gasteiger partial charge in [0, 0.05) is 12.1 Å². The Bertz CT molecular complexity index is 354. The SMILES string of the molecule is CCC1CCC(C)N1c1cncc(NN)n1. The molecule has 0 spiro atoms. The Hall–Kier alpha value is -1.36. The molecule has 2 unspecified atom stereocenters. The molecule has 1 saturated heterocycles. The first kappa shape index (κ1) is 11.1. The van der Waals surface area contributed by atoms with Crippen LogP contribution < -0.4 is 16.2 Å². The summed E-state index contributed by atoms with van der Waals surface area (Å²) < 4.78 is 0. The Balaban J connectivity index is 2.27. The smallest absolute Gasteiger partial charge is 0.160 e. The van der Waals surface area contributed by atoms with E-state index >= 15 is 0 Å². The molecule has 1 aliphatic heterocycles. The fraction of sp³-hybridized carbons (Fsp3) is 0.636. The summed E-state index contributed by atoms with van der Waals surface area (Å²) in [6.07, 6.45) is 7.04. The highest BCUT2D eigenvalue weighted by atomic mass is 15.3. The molecule has 2 rings (SSSR count). The van der Waals surface area contributed by atoms with Crippen LogP contribution in [-0.2, 0) is 0 Å². The topological polar surface area (TPSA) is 67.1 Å². The fourth-order valence-corrected chi connectivity index (χ4v) is 2.43. The van der Waals surface area contributed by atoms with Crippen LogP contribution in [0.1, 0.15) is 33.1 Å². The van der Waals surface area contributed by atoms with Crippen molar-refractivity contribution in [2.24, 2.45) is 5.84 Å². The molecule has 16 heavy (non-hydrogen) atoms. The van der Waals surface area contributed by atoms with Crippen LogP contribution in [0, 0.1) is 0 Å². The van der Waals surface area contributed by atoms with Crippen LogP contribution in [0.2, 0.25) is 0 Å². The molecule has 1 aromatic heterocycles. The molecule has 0 amide bonds. The summed E-state index contributed by atoms with van der Waals surface area (Å²) >= 11 is 0. The summed E-state index contributed by atoms with van der Waals surface area (Å²) in [5, 5.41) is 0. The van der Waals surface area contributed by atoms with E-state index in [1.54, 1.807) is 6.20 Å². The van der Waals surface area contributed by atoms with Crippen LogP contribution in [0.15, 0.2) is 12.4 Å². The van der Waals surface area contributed by atoms with Crippen molar-refractivity contribution in [1.29, 1.82) is 0 Å².